The fraction of sp³-hybridized carbons (Fsp3) is 0.348. The van der Waals surface area contributed by atoms with Crippen LogP contribution in [0, 0.1) is 11.6 Å². The van der Waals surface area contributed by atoms with Crippen molar-refractivity contribution in [3.63, 3.8) is 0 Å². The molecule has 3 rings (SSSR count). The Bertz CT molecular complexity index is 1040. The molecule has 0 unspecified atom stereocenters. The third kappa shape index (κ3) is 6.46. The van der Waals surface area contributed by atoms with Gasteiger partial charge in [0.1, 0.15) is 17.4 Å². The summed E-state index contributed by atoms with van der Waals surface area (Å²) >= 11 is 0. The van der Waals surface area contributed by atoms with E-state index >= 15 is 0 Å². The van der Waals surface area contributed by atoms with Crippen LogP contribution < -0.4 is 10.1 Å². The Labute approximate surface area is 193 Å². The van der Waals surface area contributed by atoms with Crippen molar-refractivity contribution in [2.45, 2.75) is 19.5 Å². The molecule has 1 heterocycles. The molecule has 3 amide bonds. The number of benzene rings is 2. The largest absolute Gasteiger partial charge is 0.434 e. The molecule has 1 saturated heterocycles. The van der Waals surface area contributed by atoms with Crippen molar-refractivity contribution in [1.29, 1.82) is 0 Å². The van der Waals surface area contributed by atoms with Gasteiger partial charge in [-0.1, -0.05) is 12.1 Å². The van der Waals surface area contributed by atoms with Gasteiger partial charge in [-0.2, -0.15) is 8.78 Å². The van der Waals surface area contributed by atoms with Crippen LogP contribution in [0.5, 0.6) is 5.75 Å². The Balaban J connectivity index is 1.42. The van der Waals surface area contributed by atoms with E-state index in [1.54, 1.807) is 11.0 Å². The van der Waals surface area contributed by atoms with Gasteiger partial charge in [-0.15, -0.1) is 0 Å². The monoisotopic (exact) mass is 481 g/mol. The summed E-state index contributed by atoms with van der Waals surface area (Å²) in [6.45, 7) is -1.92. The molecule has 0 atom stereocenters. The van der Waals surface area contributed by atoms with Gasteiger partial charge in [0.2, 0.25) is 5.91 Å². The molecule has 1 aliphatic heterocycles. The van der Waals surface area contributed by atoms with E-state index in [-0.39, 0.29) is 61.9 Å². The lowest BCUT2D eigenvalue weighted by atomic mass is 10.1. The second-order valence-electron chi connectivity index (χ2n) is 7.53. The van der Waals surface area contributed by atoms with E-state index in [1.165, 1.54) is 23.1 Å². The minimum Gasteiger partial charge on any atom is -0.434 e. The van der Waals surface area contributed by atoms with E-state index in [1.807, 2.05) is 0 Å². The predicted octanol–water partition coefficient (Wildman–Crippen LogP) is 3.06. The molecule has 182 valence electrons. The Morgan fingerprint density at radius 3 is 2.29 bits per heavy atom. The van der Waals surface area contributed by atoms with Crippen LogP contribution in [-0.2, 0) is 4.79 Å². The maximum absolute atomic E-state index is 13.6. The summed E-state index contributed by atoms with van der Waals surface area (Å²) in [7, 11) is 0. The van der Waals surface area contributed by atoms with Gasteiger partial charge in [0.15, 0.2) is 0 Å². The fourth-order valence-electron chi connectivity index (χ4n) is 3.54. The van der Waals surface area contributed by atoms with Gasteiger partial charge in [-0.05, 0) is 30.7 Å². The average Bonchev–Trinajstić information content (AvgIpc) is 2.81. The first kappa shape index (κ1) is 25.0. The lowest BCUT2D eigenvalue weighted by molar-refractivity contribution is -0.132. The summed E-state index contributed by atoms with van der Waals surface area (Å²) in [5, 5.41) is 2.49. The maximum Gasteiger partial charge on any atom is 0.387 e. The number of carbonyl (C=O) groups excluding carboxylic acids is 3. The number of carbonyl (C=O) groups is 3. The van der Waals surface area contributed by atoms with Gasteiger partial charge >= 0.3 is 6.61 Å². The van der Waals surface area contributed by atoms with E-state index < -0.39 is 30.1 Å². The molecule has 1 N–H and O–H groups in total. The number of alkyl halides is 2. The molecule has 2 aromatic rings. The summed E-state index contributed by atoms with van der Waals surface area (Å²) < 4.78 is 56.2. The molecule has 2 aromatic carbocycles. The predicted molar refractivity (Wildman–Crippen MR) is 113 cm³/mol. The number of halogens is 4. The second-order valence-corrected chi connectivity index (χ2v) is 7.53. The van der Waals surface area contributed by atoms with Crippen molar-refractivity contribution in [3.05, 3.63) is 65.2 Å². The molecular weight excluding hydrogens is 458 g/mol. The molecule has 0 aromatic heterocycles. The van der Waals surface area contributed by atoms with Crippen molar-refractivity contribution in [1.82, 2.24) is 15.1 Å². The number of nitrogens with zero attached hydrogens (tertiary/aromatic N) is 2. The molecule has 1 aliphatic rings. The van der Waals surface area contributed by atoms with E-state index in [0.717, 1.165) is 12.1 Å². The van der Waals surface area contributed by atoms with Crippen LogP contribution in [-0.4, -0.2) is 66.9 Å². The number of ether oxygens (including phenoxy) is 1. The normalized spacial score (nSPS) is 13.7. The van der Waals surface area contributed by atoms with Crippen molar-refractivity contribution in [3.8, 4) is 5.75 Å². The highest BCUT2D eigenvalue weighted by Gasteiger charge is 2.26. The highest BCUT2D eigenvalue weighted by molar-refractivity contribution is 5.97. The lowest BCUT2D eigenvalue weighted by Crippen LogP contribution is -2.50. The molecule has 0 radical (unpaired) electrons. The van der Waals surface area contributed by atoms with Crippen LogP contribution in [0.4, 0.5) is 17.6 Å². The van der Waals surface area contributed by atoms with Crippen molar-refractivity contribution in [2.75, 3.05) is 32.7 Å². The van der Waals surface area contributed by atoms with Crippen LogP contribution >= 0.6 is 0 Å². The van der Waals surface area contributed by atoms with Crippen molar-refractivity contribution >= 4 is 17.7 Å². The van der Waals surface area contributed by atoms with Crippen LogP contribution in [0.25, 0.3) is 0 Å². The van der Waals surface area contributed by atoms with E-state index in [2.05, 4.69) is 10.1 Å². The zero-order valence-corrected chi connectivity index (χ0v) is 18.1. The maximum atomic E-state index is 13.6. The Kier molecular flexibility index (Phi) is 8.44. The third-order valence-electron chi connectivity index (χ3n) is 5.28. The number of hydrogen-bond donors (Lipinski definition) is 1. The summed E-state index contributed by atoms with van der Waals surface area (Å²) in [6, 6.07) is 8.39. The van der Waals surface area contributed by atoms with Gasteiger partial charge in [0.05, 0.1) is 11.1 Å². The smallest absolute Gasteiger partial charge is 0.387 e. The zero-order valence-electron chi connectivity index (χ0n) is 18.1. The number of nitrogens with one attached hydrogen (secondary N) is 1. The van der Waals surface area contributed by atoms with Crippen molar-refractivity contribution < 1.29 is 36.7 Å². The minimum atomic E-state index is -3.05. The van der Waals surface area contributed by atoms with Crippen LogP contribution in [0.3, 0.4) is 0 Å². The number of rotatable bonds is 8. The summed E-state index contributed by atoms with van der Waals surface area (Å²) in [4.78, 5) is 40.2. The van der Waals surface area contributed by atoms with Gasteiger partial charge in [-0.25, -0.2) is 8.78 Å². The SMILES string of the molecule is O=C(NCCCC(=O)N1CCN(C(=O)c2ccccc2OC(F)F)CC1)c1ccc(F)cc1F. The second kappa shape index (κ2) is 11.5. The molecule has 0 bridgehead atoms. The lowest BCUT2D eigenvalue weighted by Gasteiger charge is -2.35. The first-order valence-electron chi connectivity index (χ1n) is 10.6. The molecule has 0 saturated carbocycles. The van der Waals surface area contributed by atoms with Gasteiger partial charge < -0.3 is 19.9 Å². The summed E-state index contributed by atoms with van der Waals surface area (Å²) in [5.74, 6) is -3.29. The topological polar surface area (TPSA) is 79.0 Å². The Morgan fingerprint density at radius 1 is 0.941 bits per heavy atom. The Morgan fingerprint density at radius 2 is 1.62 bits per heavy atom. The number of hydrogen-bond acceptors (Lipinski definition) is 4. The number of piperazine rings is 1. The molecule has 34 heavy (non-hydrogen) atoms. The van der Waals surface area contributed by atoms with E-state index in [9.17, 15) is 31.9 Å². The quantitative estimate of drug-likeness (QED) is 0.465. The Hall–Kier alpha value is -3.63. The van der Waals surface area contributed by atoms with Gasteiger partial charge in [-0.3, -0.25) is 14.4 Å². The third-order valence-corrected chi connectivity index (χ3v) is 5.28. The van der Waals surface area contributed by atoms with E-state index in [0.29, 0.717) is 12.5 Å². The molecular formula is C23H23F4N3O4. The molecule has 0 aliphatic carbocycles. The molecule has 11 heteroatoms. The standard InChI is InChI=1S/C23H23F4N3O4/c24-15-7-8-16(18(25)14-15)21(32)28-9-3-6-20(31)29-10-12-30(13-11-29)22(33)17-4-1-2-5-19(17)34-23(26)27/h1-2,4-5,7-8,14,23H,3,6,9-13H2,(H,28,32). The highest BCUT2D eigenvalue weighted by Crippen LogP contribution is 2.22. The highest BCUT2D eigenvalue weighted by atomic mass is 19.3. The van der Waals surface area contributed by atoms with Gasteiger partial charge in [0.25, 0.3) is 11.8 Å². The number of amides is 3. The van der Waals surface area contributed by atoms with Crippen LogP contribution in [0.1, 0.15) is 33.6 Å². The zero-order chi connectivity index (χ0) is 24.7. The molecule has 0 spiro atoms. The minimum absolute atomic E-state index is 0.0240. The fourth-order valence-corrected chi connectivity index (χ4v) is 3.54. The summed E-state index contributed by atoms with van der Waals surface area (Å²) in [6.07, 6.45) is 0.441. The van der Waals surface area contributed by atoms with Gasteiger partial charge in [0, 0.05) is 45.2 Å². The molecule has 1 fully saturated rings. The number of para-hydroxylation sites is 1. The first-order chi connectivity index (χ1) is 16.3. The van der Waals surface area contributed by atoms with Crippen LogP contribution in [0.2, 0.25) is 0 Å². The van der Waals surface area contributed by atoms with Crippen molar-refractivity contribution in [2.24, 2.45) is 0 Å². The summed E-state index contributed by atoms with van der Waals surface area (Å²) in [5.41, 5.74) is -0.259. The van der Waals surface area contributed by atoms with Crippen LogP contribution in [0.15, 0.2) is 42.5 Å². The molecule has 7 nitrogen and oxygen atoms in total. The van der Waals surface area contributed by atoms with E-state index in [4.69, 9.17) is 0 Å². The first-order valence-corrected chi connectivity index (χ1v) is 10.6. The average molecular weight is 481 g/mol.